The van der Waals surface area contributed by atoms with Crippen molar-refractivity contribution in [2.75, 3.05) is 0 Å². The molecular weight excluding hydrogens is 460 g/mol. The molecule has 7 heteroatoms. The number of ketones is 1. The number of benzene rings is 1. The minimum Gasteiger partial charge on any atom is -0.472 e. The van der Waals surface area contributed by atoms with Crippen LogP contribution in [-0.2, 0) is 25.7 Å². The van der Waals surface area contributed by atoms with Crippen molar-refractivity contribution in [2.45, 2.75) is 66.1 Å². The van der Waals surface area contributed by atoms with E-state index in [0.29, 0.717) is 31.2 Å². The molecule has 1 aromatic heterocycles. The van der Waals surface area contributed by atoms with E-state index in [4.69, 9.17) is 13.9 Å². The molecular formula is C29H32O7. The number of cyclic esters (lactones) is 1. The fourth-order valence-electron chi connectivity index (χ4n) is 6.87. The zero-order chi connectivity index (χ0) is 25.9. The van der Waals surface area contributed by atoms with Gasteiger partial charge in [0.1, 0.15) is 6.10 Å². The number of hydrogen-bond donors (Lipinski definition) is 1. The topological polar surface area (TPSA) is 103 Å². The normalized spacial score (nSPS) is 35.8. The molecule has 190 valence electrons. The summed E-state index contributed by atoms with van der Waals surface area (Å²) in [5.74, 6) is -1.22. The number of furan rings is 1. The number of carbonyl (C=O) groups is 3. The zero-order valence-corrected chi connectivity index (χ0v) is 21.1. The van der Waals surface area contributed by atoms with Crippen LogP contribution in [0.25, 0.3) is 0 Å². The van der Waals surface area contributed by atoms with E-state index in [1.54, 1.807) is 48.9 Å². The van der Waals surface area contributed by atoms with Crippen LogP contribution in [0.2, 0.25) is 0 Å². The summed E-state index contributed by atoms with van der Waals surface area (Å²) in [7, 11) is 0. The number of aliphatic hydroxyl groups excluding tert-OH is 1. The number of allylic oxidation sites excluding steroid dienone is 2. The Morgan fingerprint density at radius 3 is 2.61 bits per heavy atom. The van der Waals surface area contributed by atoms with Gasteiger partial charge in [-0.15, -0.1) is 0 Å². The lowest BCUT2D eigenvalue weighted by molar-refractivity contribution is -0.237. The van der Waals surface area contributed by atoms with Gasteiger partial charge in [0, 0.05) is 16.4 Å². The first-order valence-corrected chi connectivity index (χ1v) is 12.4. The van der Waals surface area contributed by atoms with Gasteiger partial charge in [0.2, 0.25) is 5.78 Å². The highest BCUT2D eigenvalue weighted by molar-refractivity contribution is 6.04. The lowest BCUT2D eigenvalue weighted by atomic mass is 9.35. The first-order valence-electron chi connectivity index (χ1n) is 12.4. The maximum atomic E-state index is 14.3. The predicted octanol–water partition coefficient (Wildman–Crippen LogP) is 5.29. The van der Waals surface area contributed by atoms with Crippen molar-refractivity contribution < 1.29 is 33.4 Å². The highest BCUT2D eigenvalue weighted by Gasteiger charge is 2.74. The van der Waals surface area contributed by atoms with Gasteiger partial charge in [0.05, 0.1) is 30.1 Å². The quantitative estimate of drug-likeness (QED) is 0.578. The van der Waals surface area contributed by atoms with E-state index in [1.165, 1.54) is 0 Å². The Morgan fingerprint density at radius 2 is 1.92 bits per heavy atom. The van der Waals surface area contributed by atoms with Crippen molar-refractivity contribution in [3.8, 4) is 0 Å². The molecule has 1 saturated heterocycles. The van der Waals surface area contributed by atoms with Crippen LogP contribution in [-0.4, -0.2) is 22.8 Å². The summed E-state index contributed by atoms with van der Waals surface area (Å²) in [4.78, 5) is 40.8. The number of esters is 2. The summed E-state index contributed by atoms with van der Waals surface area (Å²) in [5.41, 5.74) is -1.47. The third-order valence-electron chi connectivity index (χ3n) is 9.88. The molecule has 2 heterocycles. The maximum absolute atomic E-state index is 14.3. The Morgan fingerprint density at radius 1 is 1.14 bits per heavy atom. The second-order valence-electron chi connectivity index (χ2n) is 11.4. The number of aliphatic hydroxyl groups is 1. The van der Waals surface area contributed by atoms with Crippen LogP contribution in [0.5, 0.6) is 0 Å². The van der Waals surface area contributed by atoms with Gasteiger partial charge in [-0.1, -0.05) is 32.9 Å². The van der Waals surface area contributed by atoms with E-state index in [0.717, 1.165) is 5.56 Å². The van der Waals surface area contributed by atoms with Crippen LogP contribution < -0.4 is 0 Å². The van der Waals surface area contributed by atoms with E-state index < -0.39 is 33.7 Å². The average Bonchev–Trinajstić information content (AvgIpc) is 3.41. The smallest absolute Gasteiger partial charge is 0.343 e. The molecule has 1 aromatic carbocycles. The van der Waals surface area contributed by atoms with Gasteiger partial charge in [-0.25, -0.2) is 4.79 Å². The largest absolute Gasteiger partial charge is 0.472 e. The van der Waals surface area contributed by atoms with Crippen LogP contribution in [0.15, 0.2) is 59.1 Å². The monoisotopic (exact) mass is 492 g/mol. The SMILES string of the molecule is C[C@]12CC=C(OC(=O)c3cccc(CO)c3)C(=O)[C@]1(C)[C@@]1(C)C[C@@H](c3ccoc3)OC(=O)[C@]1(C)CC2. The Hall–Kier alpha value is -3.19. The van der Waals surface area contributed by atoms with Crippen molar-refractivity contribution in [2.24, 2.45) is 21.7 Å². The van der Waals surface area contributed by atoms with E-state index in [1.807, 2.05) is 20.8 Å². The van der Waals surface area contributed by atoms with Crippen LogP contribution in [0, 0.1) is 21.7 Å². The summed E-state index contributed by atoms with van der Waals surface area (Å²) >= 11 is 0. The van der Waals surface area contributed by atoms with Gasteiger partial charge in [-0.05, 0) is 67.9 Å². The number of fused-ring (bicyclic) bond motifs is 3. The fraction of sp³-hybridized carbons (Fsp3) is 0.483. The van der Waals surface area contributed by atoms with Crippen molar-refractivity contribution in [1.29, 1.82) is 0 Å². The molecule has 36 heavy (non-hydrogen) atoms. The number of hydrogen-bond acceptors (Lipinski definition) is 7. The van der Waals surface area contributed by atoms with Crippen LogP contribution >= 0.6 is 0 Å². The average molecular weight is 493 g/mol. The summed E-state index contributed by atoms with van der Waals surface area (Å²) in [6, 6.07) is 8.29. The third-order valence-corrected chi connectivity index (χ3v) is 9.88. The summed E-state index contributed by atoms with van der Waals surface area (Å²) in [6.07, 6.45) is 6.59. The standard InChI is InChI=1S/C29H32O7/c1-26-10-8-21(35-24(32)19-7-5-6-18(14-19)16-30)23(31)29(26,4)28(3)15-22(20-9-13-34-17-20)36-25(33)27(28,2)12-11-26/h5-9,13-14,17,22,30H,10-12,15-16H2,1-4H3/t22-,26+,27-,28-,29-/m0/s1. The molecule has 0 unspecified atom stereocenters. The molecule has 2 aromatic rings. The maximum Gasteiger partial charge on any atom is 0.343 e. The Labute approximate surface area is 210 Å². The van der Waals surface area contributed by atoms with Crippen molar-refractivity contribution >= 4 is 17.7 Å². The molecule has 0 radical (unpaired) electrons. The number of Topliss-reactive ketones (excluding diaryl/α,β-unsaturated/α-hetero) is 1. The molecule has 5 rings (SSSR count). The van der Waals surface area contributed by atoms with Gasteiger partial charge in [0.15, 0.2) is 5.76 Å². The molecule has 1 aliphatic heterocycles. The minimum atomic E-state index is -0.994. The van der Waals surface area contributed by atoms with Gasteiger partial charge in [-0.3, -0.25) is 9.59 Å². The lowest BCUT2D eigenvalue weighted by Crippen LogP contribution is -2.69. The molecule has 0 spiro atoms. The molecule has 0 bridgehead atoms. The predicted molar refractivity (Wildman–Crippen MR) is 129 cm³/mol. The number of carbonyl (C=O) groups excluding carboxylic acids is 3. The number of ether oxygens (including phenoxy) is 2. The summed E-state index contributed by atoms with van der Waals surface area (Å²) < 4.78 is 16.8. The molecule has 3 aliphatic rings. The lowest BCUT2D eigenvalue weighted by Gasteiger charge is -2.68. The van der Waals surface area contributed by atoms with Crippen LogP contribution in [0.4, 0.5) is 0 Å². The highest BCUT2D eigenvalue weighted by Crippen LogP contribution is 2.73. The van der Waals surface area contributed by atoms with E-state index in [9.17, 15) is 19.5 Å². The van der Waals surface area contributed by atoms with Gasteiger partial charge >= 0.3 is 11.9 Å². The zero-order valence-electron chi connectivity index (χ0n) is 21.1. The third kappa shape index (κ3) is 3.18. The van der Waals surface area contributed by atoms with Crippen LogP contribution in [0.1, 0.15) is 81.0 Å². The van der Waals surface area contributed by atoms with Gasteiger partial charge in [0.25, 0.3) is 0 Å². The molecule has 0 amide bonds. The van der Waals surface area contributed by atoms with Crippen LogP contribution in [0.3, 0.4) is 0 Å². The van der Waals surface area contributed by atoms with E-state index in [-0.39, 0.29) is 29.7 Å². The molecule has 2 aliphatic carbocycles. The molecule has 5 atom stereocenters. The second-order valence-corrected chi connectivity index (χ2v) is 11.4. The Bertz CT molecular complexity index is 1260. The van der Waals surface area contributed by atoms with E-state index in [2.05, 4.69) is 6.92 Å². The van der Waals surface area contributed by atoms with Crippen molar-refractivity contribution in [3.05, 3.63) is 71.4 Å². The Kier molecular flexibility index (Phi) is 5.56. The van der Waals surface area contributed by atoms with E-state index >= 15 is 0 Å². The summed E-state index contributed by atoms with van der Waals surface area (Å²) in [5, 5.41) is 9.41. The molecule has 1 saturated carbocycles. The molecule has 1 N–H and O–H groups in total. The fourth-order valence-corrected chi connectivity index (χ4v) is 6.87. The first kappa shape index (κ1) is 24.5. The Balaban J connectivity index is 1.54. The highest BCUT2D eigenvalue weighted by atomic mass is 16.6. The second kappa shape index (κ2) is 8.17. The minimum absolute atomic E-state index is 0.0126. The van der Waals surface area contributed by atoms with Crippen molar-refractivity contribution in [1.82, 2.24) is 0 Å². The van der Waals surface area contributed by atoms with Gasteiger partial charge in [-0.2, -0.15) is 0 Å². The van der Waals surface area contributed by atoms with Gasteiger partial charge < -0.3 is 19.0 Å². The molecule has 7 nitrogen and oxygen atoms in total. The summed E-state index contributed by atoms with van der Waals surface area (Å²) in [6.45, 7) is 7.76. The molecule has 2 fully saturated rings. The first-order chi connectivity index (χ1) is 17.0. The number of rotatable bonds is 4. The van der Waals surface area contributed by atoms with Crippen molar-refractivity contribution in [3.63, 3.8) is 0 Å².